The van der Waals surface area contributed by atoms with Gasteiger partial charge < -0.3 is 49.0 Å². The van der Waals surface area contributed by atoms with Gasteiger partial charge in [-0.25, -0.2) is 0 Å². The fourth-order valence-corrected chi connectivity index (χ4v) is 5.03. The van der Waals surface area contributed by atoms with Crippen molar-refractivity contribution >= 4 is 105 Å². The molecule has 0 fully saturated rings. The van der Waals surface area contributed by atoms with Crippen LogP contribution in [0.15, 0.2) is 100 Å². The van der Waals surface area contributed by atoms with Crippen LogP contribution in [0.1, 0.15) is 0 Å². The van der Waals surface area contributed by atoms with Gasteiger partial charge in [-0.2, -0.15) is 0 Å². The van der Waals surface area contributed by atoms with Crippen LogP contribution in [0, 0.1) is 0 Å². The minimum absolute atomic E-state index is 0.171. The summed E-state index contributed by atoms with van der Waals surface area (Å²) in [5, 5.41) is 71.1. The Kier molecular flexibility index (Phi) is 12.7. The first-order valence-electron chi connectivity index (χ1n) is 11.7. The molecule has 0 bridgehead atoms. The molecule has 8 N–H and O–H groups in total. The number of fused-ring (bicyclic) bond motifs is 2. The summed E-state index contributed by atoms with van der Waals surface area (Å²) >= 11 is 8.07. The number of halogens is 1. The van der Waals surface area contributed by atoms with Crippen LogP contribution in [0.25, 0.3) is 21.1 Å². The summed E-state index contributed by atoms with van der Waals surface area (Å²) < 4.78 is 12.4. The predicted molar refractivity (Wildman–Crippen MR) is 165 cm³/mol. The molecule has 41 heavy (non-hydrogen) atoms. The summed E-state index contributed by atoms with van der Waals surface area (Å²) in [7, 11) is -5.74. The zero-order valence-electron chi connectivity index (χ0n) is 21.1. The molecule has 10 nitrogen and oxygen atoms in total. The van der Waals surface area contributed by atoms with Crippen molar-refractivity contribution < 1.29 is 49.0 Å². The third kappa shape index (κ3) is 10.2. The fraction of sp³-hybridized carbons (Fsp3) is 0. The lowest BCUT2D eigenvalue weighted by Crippen LogP contribution is -2.27. The van der Waals surface area contributed by atoms with Crippen LogP contribution in [0.3, 0.4) is 0 Å². The molecular weight excluding hydrogens is 591 g/mol. The molecule has 0 aliphatic heterocycles. The quantitative estimate of drug-likeness (QED) is 0.123. The SMILES string of the molecule is OB(O)c1cc2ccccc2o1.OB(O)c1cc2ccccc2s1.OB(O)c1ccc(Cl)s1.OB(O)c1ccco1. The van der Waals surface area contributed by atoms with Gasteiger partial charge >= 0.3 is 28.5 Å². The topological polar surface area (TPSA) is 188 Å². The highest BCUT2D eigenvalue weighted by atomic mass is 35.5. The summed E-state index contributed by atoms with van der Waals surface area (Å²) in [5.74, 6) is 0. The highest BCUT2D eigenvalue weighted by Gasteiger charge is 2.16. The monoisotopic (exact) mass is 614 g/mol. The molecule has 0 unspecified atom stereocenters. The summed E-state index contributed by atoms with van der Waals surface area (Å²) in [5.41, 5.74) is 1.02. The highest BCUT2D eigenvalue weighted by Crippen LogP contribution is 2.18. The van der Waals surface area contributed by atoms with E-state index in [1.165, 1.54) is 23.7 Å². The Labute approximate surface area is 248 Å². The first-order valence-corrected chi connectivity index (χ1v) is 13.8. The van der Waals surface area contributed by atoms with Crippen molar-refractivity contribution in [2.75, 3.05) is 0 Å². The molecule has 0 radical (unpaired) electrons. The summed E-state index contributed by atoms with van der Waals surface area (Å²) in [6, 6.07) is 24.8. The lowest BCUT2D eigenvalue weighted by Gasteiger charge is -1.88. The van der Waals surface area contributed by atoms with Crippen LogP contribution in [0.4, 0.5) is 0 Å². The van der Waals surface area contributed by atoms with Gasteiger partial charge in [0.2, 0.25) is 0 Å². The van der Waals surface area contributed by atoms with Gasteiger partial charge in [-0.15, -0.1) is 22.7 Å². The third-order valence-electron chi connectivity index (χ3n) is 5.04. The Balaban J connectivity index is 0.000000153. The molecule has 0 saturated heterocycles. The summed E-state index contributed by atoms with van der Waals surface area (Å²) in [6.45, 7) is 0. The van der Waals surface area contributed by atoms with Gasteiger partial charge in [-0.1, -0.05) is 54.1 Å². The minimum Gasteiger partial charge on any atom is -0.473 e. The molecule has 4 heterocycles. The average Bonchev–Trinajstić information content (AvgIpc) is 3.75. The summed E-state index contributed by atoms with van der Waals surface area (Å²) in [6.07, 6.45) is 1.38. The van der Waals surface area contributed by atoms with E-state index in [4.69, 9.17) is 56.2 Å². The second kappa shape index (κ2) is 16.0. The Morgan fingerprint density at radius 1 is 0.561 bits per heavy atom. The Morgan fingerprint density at radius 2 is 1.20 bits per heavy atom. The summed E-state index contributed by atoms with van der Waals surface area (Å²) in [4.78, 5) is 0. The van der Waals surface area contributed by atoms with Crippen LogP contribution in [-0.2, 0) is 0 Å². The minimum atomic E-state index is -1.53. The van der Waals surface area contributed by atoms with Crippen LogP contribution in [0.2, 0.25) is 4.34 Å². The number of furan rings is 2. The van der Waals surface area contributed by atoms with E-state index in [1.807, 2.05) is 42.5 Å². The first-order chi connectivity index (χ1) is 19.5. The van der Waals surface area contributed by atoms with E-state index in [2.05, 4.69) is 4.42 Å². The zero-order chi connectivity index (χ0) is 29.9. The van der Waals surface area contributed by atoms with Gasteiger partial charge in [-0.05, 0) is 47.9 Å². The van der Waals surface area contributed by atoms with E-state index in [1.54, 1.807) is 36.4 Å². The molecule has 0 amide bonds. The molecule has 2 aromatic carbocycles. The van der Waals surface area contributed by atoms with E-state index in [-0.39, 0.29) is 11.3 Å². The van der Waals surface area contributed by atoms with E-state index < -0.39 is 28.5 Å². The molecule has 6 aromatic rings. The second-order valence-electron chi connectivity index (χ2n) is 8.03. The fourth-order valence-electron chi connectivity index (χ4n) is 3.16. The van der Waals surface area contributed by atoms with Gasteiger partial charge in [0, 0.05) is 19.6 Å². The molecular formula is C24H23B4ClO10S2. The number of rotatable bonds is 4. The molecule has 0 spiro atoms. The van der Waals surface area contributed by atoms with E-state index in [0.29, 0.717) is 19.5 Å². The molecule has 0 aliphatic rings. The van der Waals surface area contributed by atoms with Crippen LogP contribution >= 0.6 is 34.3 Å². The van der Waals surface area contributed by atoms with Crippen molar-refractivity contribution in [3.8, 4) is 0 Å². The molecule has 210 valence electrons. The maximum atomic E-state index is 8.89. The van der Waals surface area contributed by atoms with Crippen molar-refractivity contribution in [3.05, 3.63) is 95.5 Å². The smallest absolute Gasteiger partial charge is 0.473 e. The average molecular weight is 614 g/mol. The van der Waals surface area contributed by atoms with Gasteiger partial charge in [0.05, 0.1) is 10.6 Å². The number of thiophene rings is 2. The molecule has 17 heteroatoms. The van der Waals surface area contributed by atoms with Crippen LogP contribution < -0.4 is 20.9 Å². The van der Waals surface area contributed by atoms with E-state index >= 15 is 0 Å². The van der Waals surface area contributed by atoms with Crippen LogP contribution in [-0.4, -0.2) is 68.7 Å². The Morgan fingerprint density at radius 3 is 1.66 bits per heavy atom. The molecule has 0 aliphatic carbocycles. The standard InChI is InChI=1S/C8H7BO3.C8H7BO2S.C4H4BClO2S.C4H5BO3/c2*10-9(11)8-5-6-3-1-2-4-7(6)12-8;6-4-2-1-3(9-4)5(7)8;6-5(7)4-2-1-3-8-4/h2*1-5,10-11H;1-2,7-8H;1-3,6-7H. The predicted octanol–water partition coefficient (Wildman–Crippen LogP) is -0.266. The number of benzene rings is 2. The highest BCUT2D eigenvalue weighted by molar-refractivity contribution is 7.28. The van der Waals surface area contributed by atoms with Crippen molar-refractivity contribution in [2.24, 2.45) is 0 Å². The van der Waals surface area contributed by atoms with Gasteiger partial charge in [0.15, 0.2) is 0 Å². The van der Waals surface area contributed by atoms with E-state index in [9.17, 15) is 0 Å². The van der Waals surface area contributed by atoms with Crippen LogP contribution in [0.5, 0.6) is 0 Å². The third-order valence-corrected chi connectivity index (χ3v) is 7.47. The van der Waals surface area contributed by atoms with Crippen molar-refractivity contribution in [3.63, 3.8) is 0 Å². The maximum absolute atomic E-state index is 8.89. The van der Waals surface area contributed by atoms with E-state index in [0.717, 1.165) is 26.8 Å². The van der Waals surface area contributed by atoms with Crippen molar-refractivity contribution in [1.29, 1.82) is 0 Å². The van der Waals surface area contributed by atoms with Crippen molar-refractivity contribution in [2.45, 2.75) is 0 Å². The molecule has 0 atom stereocenters. The number of hydrogen-bond acceptors (Lipinski definition) is 12. The molecule has 0 saturated carbocycles. The number of para-hydroxylation sites is 1. The van der Waals surface area contributed by atoms with Gasteiger partial charge in [-0.3, -0.25) is 0 Å². The lowest BCUT2D eigenvalue weighted by molar-refractivity contribution is 0.409. The van der Waals surface area contributed by atoms with Crippen molar-refractivity contribution in [1.82, 2.24) is 0 Å². The molecule has 6 rings (SSSR count). The Hall–Kier alpha value is -2.85. The molecule has 4 aromatic heterocycles. The van der Waals surface area contributed by atoms with Gasteiger partial charge in [0.25, 0.3) is 0 Å². The van der Waals surface area contributed by atoms with Gasteiger partial charge in [0.1, 0.15) is 16.9 Å². The zero-order valence-corrected chi connectivity index (χ0v) is 23.4. The normalized spacial score (nSPS) is 10.1. The maximum Gasteiger partial charge on any atom is 0.526 e. The number of hydrogen-bond donors (Lipinski definition) is 8. The first kappa shape index (κ1) is 32.7. The second-order valence-corrected chi connectivity index (χ2v) is 10.9. The Bertz CT molecular complexity index is 1460. The largest absolute Gasteiger partial charge is 0.526 e. The lowest BCUT2D eigenvalue weighted by atomic mass is 9.88.